The maximum Gasteiger partial charge on any atom is 0.199 e. The number of aliphatic imine (C=N–C) groups is 1. The summed E-state index contributed by atoms with van der Waals surface area (Å²) in [7, 11) is 0. The monoisotopic (exact) mass is 390 g/mol. The van der Waals surface area contributed by atoms with Crippen molar-refractivity contribution < 1.29 is 9.50 Å². The molecule has 0 unspecified atom stereocenters. The predicted octanol–water partition coefficient (Wildman–Crippen LogP) is 3.15. The quantitative estimate of drug-likeness (QED) is 0.406. The summed E-state index contributed by atoms with van der Waals surface area (Å²) in [5.41, 5.74) is 13.4. The van der Waals surface area contributed by atoms with Gasteiger partial charge in [-0.05, 0) is 36.4 Å². The summed E-state index contributed by atoms with van der Waals surface area (Å²) in [5.74, 6) is -0.551. The molecule has 0 fully saturated rings. The number of nitrogen functional groups attached to an aromatic ring is 1. The zero-order valence-corrected chi connectivity index (χ0v) is 14.3. The zero-order valence-electron chi connectivity index (χ0n) is 12.7. The SMILES string of the molecule is NCCN=C(c1cc(N)ccc1F)c1c(O)[nH]c2ccc(Br)cc12. The van der Waals surface area contributed by atoms with Crippen molar-refractivity contribution in [1.82, 2.24) is 4.98 Å². The third-order valence-electron chi connectivity index (χ3n) is 3.62. The molecule has 0 atom stereocenters. The lowest BCUT2D eigenvalue weighted by molar-refractivity contribution is 0.457. The molecule has 0 aliphatic carbocycles. The normalized spacial score (nSPS) is 12.0. The van der Waals surface area contributed by atoms with Crippen LogP contribution in [0.4, 0.5) is 10.1 Å². The van der Waals surface area contributed by atoms with E-state index in [-0.39, 0.29) is 11.4 Å². The summed E-state index contributed by atoms with van der Waals surface area (Å²) in [5, 5.41) is 11.1. The number of halogens is 2. The molecule has 0 radical (unpaired) electrons. The number of hydrogen-bond donors (Lipinski definition) is 4. The first-order chi connectivity index (χ1) is 11.5. The van der Waals surface area contributed by atoms with E-state index in [4.69, 9.17) is 11.5 Å². The number of nitrogens with two attached hydrogens (primary N) is 2. The first-order valence-corrected chi connectivity index (χ1v) is 8.11. The van der Waals surface area contributed by atoms with Crippen molar-refractivity contribution in [2.45, 2.75) is 0 Å². The van der Waals surface area contributed by atoms with Gasteiger partial charge in [0.2, 0.25) is 0 Å². The lowest BCUT2D eigenvalue weighted by atomic mass is 10.00. The van der Waals surface area contributed by atoms with Gasteiger partial charge >= 0.3 is 0 Å². The topological polar surface area (TPSA) is 100 Å². The molecule has 0 saturated carbocycles. The average molecular weight is 391 g/mol. The molecule has 0 bridgehead atoms. The fourth-order valence-electron chi connectivity index (χ4n) is 2.59. The number of benzene rings is 2. The van der Waals surface area contributed by atoms with E-state index in [9.17, 15) is 9.50 Å². The van der Waals surface area contributed by atoms with Crippen molar-refractivity contribution in [2.24, 2.45) is 10.7 Å². The highest BCUT2D eigenvalue weighted by atomic mass is 79.9. The molecule has 124 valence electrons. The maximum absolute atomic E-state index is 14.4. The number of nitrogens with zero attached hydrogens (tertiary/aromatic N) is 1. The minimum atomic E-state index is -0.469. The van der Waals surface area contributed by atoms with Gasteiger partial charge in [-0.25, -0.2) is 4.39 Å². The van der Waals surface area contributed by atoms with Crippen LogP contribution < -0.4 is 11.5 Å². The fourth-order valence-corrected chi connectivity index (χ4v) is 2.95. The third kappa shape index (κ3) is 3.00. The molecule has 24 heavy (non-hydrogen) atoms. The van der Waals surface area contributed by atoms with Crippen LogP contribution in [0.25, 0.3) is 10.9 Å². The van der Waals surface area contributed by atoms with Gasteiger partial charge in [0.05, 0.1) is 17.8 Å². The van der Waals surface area contributed by atoms with E-state index < -0.39 is 5.82 Å². The Bertz CT molecular complexity index is 936. The van der Waals surface area contributed by atoms with Crippen molar-refractivity contribution in [3.63, 3.8) is 0 Å². The second kappa shape index (κ2) is 6.62. The van der Waals surface area contributed by atoms with E-state index in [1.165, 1.54) is 18.2 Å². The van der Waals surface area contributed by atoms with Crippen LogP contribution in [-0.4, -0.2) is 28.9 Å². The summed E-state index contributed by atoms with van der Waals surface area (Å²) in [6.07, 6.45) is 0. The van der Waals surface area contributed by atoms with Gasteiger partial charge in [-0.3, -0.25) is 4.99 Å². The molecule has 2 aromatic carbocycles. The summed E-state index contributed by atoms with van der Waals surface area (Å²) in [6.45, 7) is 0.601. The number of fused-ring (bicyclic) bond motifs is 1. The molecule has 0 aliphatic heterocycles. The molecule has 3 rings (SSSR count). The van der Waals surface area contributed by atoms with E-state index >= 15 is 0 Å². The van der Waals surface area contributed by atoms with Crippen molar-refractivity contribution in [1.29, 1.82) is 0 Å². The largest absolute Gasteiger partial charge is 0.494 e. The molecule has 0 aliphatic rings. The first-order valence-electron chi connectivity index (χ1n) is 7.31. The van der Waals surface area contributed by atoms with Crippen molar-refractivity contribution in [2.75, 3.05) is 18.8 Å². The smallest absolute Gasteiger partial charge is 0.199 e. The first kappa shape index (κ1) is 16.5. The number of hydrogen-bond acceptors (Lipinski definition) is 4. The minimum Gasteiger partial charge on any atom is -0.494 e. The lowest BCUT2D eigenvalue weighted by Crippen LogP contribution is -2.11. The molecule has 5 nitrogen and oxygen atoms in total. The van der Waals surface area contributed by atoms with E-state index in [0.717, 1.165) is 15.4 Å². The predicted molar refractivity (Wildman–Crippen MR) is 98.0 cm³/mol. The van der Waals surface area contributed by atoms with Crippen LogP contribution in [0.2, 0.25) is 0 Å². The average Bonchev–Trinajstić information content (AvgIpc) is 2.87. The van der Waals surface area contributed by atoms with Crippen LogP contribution in [0.5, 0.6) is 5.88 Å². The number of anilines is 1. The van der Waals surface area contributed by atoms with Gasteiger partial charge in [0.1, 0.15) is 5.82 Å². The Kier molecular flexibility index (Phi) is 4.55. The highest BCUT2D eigenvalue weighted by Crippen LogP contribution is 2.32. The van der Waals surface area contributed by atoms with Crippen LogP contribution in [0.15, 0.2) is 45.9 Å². The molecule has 1 heterocycles. The number of aromatic hydroxyl groups is 1. The molecular formula is C17H16BrFN4O. The number of aromatic nitrogens is 1. The molecule has 0 saturated heterocycles. The summed E-state index contributed by atoms with van der Waals surface area (Å²) < 4.78 is 15.2. The van der Waals surface area contributed by atoms with Gasteiger partial charge < -0.3 is 21.6 Å². The van der Waals surface area contributed by atoms with Crippen LogP contribution in [0.3, 0.4) is 0 Å². The molecule has 7 heteroatoms. The Morgan fingerprint density at radius 3 is 2.79 bits per heavy atom. The van der Waals surface area contributed by atoms with Gasteiger partial charge in [0, 0.05) is 33.2 Å². The van der Waals surface area contributed by atoms with Gasteiger partial charge in [0.25, 0.3) is 0 Å². The summed E-state index contributed by atoms with van der Waals surface area (Å²) in [6, 6.07) is 9.76. The minimum absolute atomic E-state index is 0.0827. The standard InChI is InChI=1S/C17H16BrFN4O/c18-9-1-4-14-12(7-9)15(17(24)23-14)16(22-6-5-20)11-8-10(21)2-3-13(11)19/h1-4,7-8,23-24H,5-6,20-21H2. The molecule has 3 aromatic rings. The molecular weight excluding hydrogens is 375 g/mol. The maximum atomic E-state index is 14.4. The Labute approximate surface area is 146 Å². The van der Waals surface area contributed by atoms with Gasteiger partial charge in [0.15, 0.2) is 5.88 Å². The van der Waals surface area contributed by atoms with E-state index in [1.54, 1.807) is 0 Å². The molecule has 0 amide bonds. The zero-order chi connectivity index (χ0) is 17.3. The Hall–Kier alpha value is -2.38. The van der Waals surface area contributed by atoms with E-state index in [1.807, 2.05) is 18.2 Å². The van der Waals surface area contributed by atoms with Crippen LogP contribution >= 0.6 is 15.9 Å². The highest BCUT2D eigenvalue weighted by Gasteiger charge is 2.21. The number of H-pyrrole nitrogens is 1. The van der Waals surface area contributed by atoms with Crippen LogP contribution in [0.1, 0.15) is 11.1 Å². The number of aromatic amines is 1. The Morgan fingerprint density at radius 2 is 2.04 bits per heavy atom. The second-order valence-corrected chi connectivity index (χ2v) is 6.21. The van der Waals surface area contributed by atoms with Crippen LogP contribution in [-0.2, 0) is 0 Å². The van der Waals surface area contributed by atoms with E-state index in [0.29, 0.717) is 30.1 Å². The number of nitrogens with one attached hydrogen (secondary N) is 1. The van der Waals surface area contributed by atoms with Crippen molar-refractivity contribution in [3.05, 3.63) is 57.8 Å². The van der Waals surface area contributed by atoms with E-state index in [2.05, 4.69) is 25.9 Å². The molecule has 0 spiro atoms. The number of rotatable bonds is 4. The van der Waals surface area contributed by atoms with Gasteiger partial charge in [-0.1, -0.05) is 15.9 Å². The summed E-state index contributed by atoms with van der Waals surface area (Å²) in [4.78, 5) is 7.28. The van der Waals surface area contributed by atoms with Gasteiger partial charge in [-0.15, -0.1) is 0 Å². The van der Waals surface area contributed by atoms with Crippen LogP contribution in [0, 0.1) is 5.82 Å². The third-order valence-corrected chi connectivity index (χ3v) is 4.12. The second-order valence-electron chi connectivity index (χ2n) is 5.30. The highest BCUT2D eigenvalue weighted by molar-refractivity contribution is 9.10. The fraction of sp³-hybridized carbons (Fsp3) is 0.118. The Morgan fingerprint density at radius 1 is 1.25 bits per heavy atom. The summed E-state index contributed by atoms with van der Waals surface area (Å²) >= 11 is 3.41. The van der Waals surface area contributed by atoms with Gasteiger partial charge in [-0.2, -0.15) is 0 Å². The van der Waals surface area contributed by atoms with Crippen molar-refractivity contribution >= 4 is 38.2 Å². The lowest BCUT2D eigenvalue weighted by Gasteiger charge is -2.09. The van der Waals surface area contributed by atoms with Crippen molar-refractivity contribution in [3.8, 4) is 5.88 Å². The Balaban J connectivity index is 2.30. The molecule has 6 N–H and O–H groups in total. The molecule has 1 aromatic heterocycles.